The van der Waals surface area contributed by atoms with E-state index in [0.29, 0.717) is 6.42 Å². The highest BCUT2D eigenvalue weighted by molar-refractivity contribution is 5.97. The lowest BCUT2D eigenvalue weighted by Crippen LogP contribution is -2.45. The molecule has 19 heavy (non-hydrogen) atoms. The number of benzene rings is 1. The third-order valence-electron chi connectivity index (χ3n) is 3.69. The van der Waals surface area contributed by atoms with Crippen LogP contribution in [-0.2, 0) is 4.79 Å². The first-order valence-electron chi connectivity index (χ1n) is 6.82. The van der Waals surface area contributed by atoms with Crippen molar-refractivity contribution >= 4 is 11.6 Å². The first-order valence-corrected chi connectivity index (χ1v) is 6.82. The molecule has 1 aliphatic rings. The Morgan fingerprint density at radius 1 is 1.37 bits per heavy atom. The van der Waals surface area contributed by atoms with Gasteiger partial charge in [0, 0.05) is 25.4 Å². The van der Waals surface area contributed by atoms with E-state index in [2.05, 4.69) is 0 Å². The van der Waals surface area contributed by atoms with E-state index < -0.39 is 0 Å². The number of amides is 1. The van der Waals surface area contributed by atoms with Crippen molar-refractivity contribution in [3.8, 4) is 0 Å². The normalized spacial score (nSPS) is 21.5. The predicted octanol–water partition coefficient (Wildman–Crippen LogP) is 1.41. The molecule has 1 atom stereocenters. The van der Waals surface area contributed by atoms with Gasteiger partial charge in [0.15, 0.2) is 0 Å². The minimum Gasteiger partial charge on any atom is -0.396 e. The quantitative estimate of drug-likeness (QED) is 0.896. The highest BCUT2D eigenvalue weighted by Crippen LogP contribution is 2.21. The van der Waals surface area contributed by atoms with Gasteiger partial charge in [0.2, 0.25) is 5.91 Å². The topological polar surface area (TPSA) is 43.8 Å². The van der Waals surface area contributed by atoms with Gasteiger partial charge in [0.1, 0.15) is 0 Å². The molecule has 2 rings (SSSR count). The molecule has 0 aromatic heterocycles. The number of hydrogen-bond acceptors (Lipinski definition) is 3. The van der Waals surface area contributed by atoms with Gasteiger partial charge in [0.05, 0.1) is 6.04 Å². The average molecular weight is 262 g/mol. The zero-order chi connectivity index (χ0) is 13.8. The molecular formula is C15H22N2O2. The maximum Gasteiger partial charge on any atom is 0.244 e. The number of aryl methyl sites for hydroxylation is 1. The largest absolute Gasteiger partial charge is 0.396 e. The van der Waals surface area contributed by atoms with Gasteiger partial charge in [0.25, 0.3) is 0 Å². The Bertz CT molecular complexity index is 448. The van der Waals surface area contributed by atoms with Crippen molar-refractivity contribution in [2.24, 2.45) is 0 Å². The lowest BCUT2D eigenvalue weighted by Gasteiger charge is -2.27. The summed E-state index contributed by atoms with van der Waals surface area (Å²) >= 11 is 0. The summed E-state index contributed by atoms with van der Waals surface area (Å²) in [6.07, 6.45) is 1.45. The number of carbonyl (C=O) groups is 1. The third-order valence-corrected chi connectivity index (χ3v) is 3.69. The molecule has 1 heterocycles. The second kappa shape index (κ2) is 6.17. The molecule has 0 bridgehead atoms. The standard InChI is InChI=1S/C15H22N2O2/c1-12-5-3-6-13(11-12)17-9-4-8-16(2)14(7-10-18)15(17)19/h3,5-6,11,14,18H,4,7-10H2,1-2H3. The second-order valence-electron chi connectivity index (χ2n) is 5.19. The third kappa shape index (κ3) is 3.14. The highest BCUT2D eigenvalue weighted by Gasteiger charge is 2.30. The van der Waals surface area contributed by atoms with Gasteiger partial charge in [-0.2, -0.15) is 0 Å². The molecule has 0 radical (unpaired) electrons. The fourth-order valence-electron chi connectivity index (χ4n) is 2.63. The van der Waals surface area contributed by atoms with Crippen LogP contribution in [0, 0.1) is 6.92 Å². The van der Waals surface area contributed by atoms with Crippen molar-refractivity contribution in [2.45, 2.75) is 25.8 Å². The Balaban J connectivity index is 2.26. The van der Waals surface area contributed by atoms with E-state index in [1.165, 1.54) is 0 Å². The summed E-state index contributed by atoms with van der Waals surface area (Å²) < 4.78 is 0. The van der Waals surface area contributed by atoms with Crippen LogP contribution in [0.4, 0.5) is 5.69 Å². The first kappa shape index (κ1) is 14.0. The molecule has 0 spiro atoms. The van der Waals surface area contributed by atoms with Crippen molar-refractivity contribution in [3.05, 3.63) is 29.8 Å². The smallest absolute Gasteiger partial charge is 0.244 e. The molecule has 1 saturated heterocycles. The molecular weight excluding hydrogens is 240 g/mol. The van der Waals surface area contributed by atoms with E-state index in [4.69, 9.17) is 5.11 Å². The summed E-state index contributed by atoms with van der Waals surface area (Å²) in [7, 11) is 1.96. The van der Waals surface area contributed by atoms with Gasteiger partial charge in [-0.05, 0) is 44.5 Å². The first-order chi connectivity index (χ1) is 9.13. The Morgan fingerprint density at radius 2 is 2.16 bits per heavy atom. The summed E-state index contributed by atoms with van der Waals surface area (Å²) in [6, 6.07) is 7.82. The number of carbonyl (C=O) groups excluding carboxylic acids is 1. The Labute approximate surface area is 114 Å². The van der Waals surface area contributed by atoms with E-state index >= 15 is 0 Å². The van der Waals surface area contributed by atoms with Crippen LogP contribution in [0.3, 0.4) is 0 Å². The molecule has 1 N–H and O–H groups in total. The van der Waals surface area contributed by atoms with Gasteiger partial charge in [-0.1, -0.05) is 12.1 Å². The minimum absolute atomic E-state index is 0.0441. The van der Waals surface area contributed by atoms with E-state index in [9.17, 15) is 4.79 Å². The molecule has 1 amide bonds. The fourth-order valence-corrected chi connectivity index (χ4v) is 2.63. The van der Waals surface area contributed by atoms with Crippen LogP contribution in [0.2, 0.25) is 0 Å². The van der Waals surface area contributed by atoms with E-state index in [1.54, 1.807) is 0 Å². The van der Waals surface area contributed by atoms with Gasteiger partial charge < -0.3 is 10.0 Å². The van der Waals surface area contributed by atoms with E-state index in [1.807, 2.05) is 48.0 Å². The van der Waals surface area contributed by atoms with E-state index in [0.717, 1.165) is 30.8 Å². The fraction of sp³-hybridized carbons (Fsp3) is 0.533. The molecule has 0 aliphatic carbocycles. The molecule has 4 nitrogen and oxygen atoms in total. The van der Waals surface area contributed by atoms with E-state index in [-0.39, 0.29) is 18.6 Å². The number of likely N-dealkylation sites (N-methyl/N-ethyl adjacent to an activating group) is 1. The molecule has 4 heteroatoms. The van der Waals surface area contributed by atoms with Gasteiger partial charge in [-0.3, -0.25) is 9.69 Å². The van der Waals surface area contributed by atoms with Crippen molar-refractivity contribution in [2.75, 3.05) is 31.6 Å². The Hall–Kier alpha value is -1.39. The zero-order valence-corrected chi connectivity index (χ0v) is 11.7. The van der Waals surface area contributed by atoms with Crippen LogP contribution in [0.15, 0.2) is 24.3 Å². The summed E-state index contributed by atoms with van der Waals surface area (Å²) in [6.45, 7) is 3.71. The van der Waals surface area contributed by atoms with Crippen LogP contribution in [0.25, 0.3) is 0 Å². The molecule has 0 saturated carbocycles. The molecule has 1 aromatic carbocycles. The summed E-state index contributed by atoms with van der Waals surface area (Å²) in [5.41, 5.74) is 2.12. The summed E-state index contributed by atoms with van der Waals surface area (Å²) in [5, 5.41) is 9.15. The number of anilines is 1. The van der Waals surface area contributed by atoms with Crippen molar-refractivity contribution in [3.63, 3.8) is 0 Å². The SMILES string of the molecule is Cc1cccc(N2CCCN(C)C(CCO)C2=O)c1. The predicted molar refractivity (Wildman–Crippen MR) is 76.3 cm³/mol. The second-order valence-corrected chi connectivity index (χ2v) is 5.19. The number of nitrogens with zero attached hydrogens (tertiary/aromatic N) is 2. The maximum absolute atomic E-state index is 12.6. The number of hydrogen-bond donors (Lipinski definition) is 1. The number of aliphatic hydroxyl groups excluding tert-OH is 1. The van der Waals surface area contributed by atoms with Crippen LogP contribution < -0.4 is 4.90 Å². The Morgan fingerprint density at radius 3 is 2.84 bits per heavy atom. The van der Waals surface area contributed by atoms with Crippen LogP contribution in [0.1, 0.15) is 18.4 Å². The molecule has 1 fully saturated rings. The monoisotopic (exact) mass is 262 g/mol. The van der Waals surface area contributed by atoms with Crippen LogP contribution >= 0.6 is 0 Å². The van der Waals surface area contributed by atoms with Gasteiger partial charge in [-0.15, -0.1) is 0 Å². The summed E-state index contributed by atoms with van der Waals surface area (Å²) in [5.74, 6) is 0.0969. The number of rotatable bonds is 3. The van der Waals surface area contributed by atoms with Crippen molar-refractivity contribution in [1.82, 2.24) is 4.90 Å². The molecule has 1 unspecified atom stereocenters. The van der Waals surface area contributed by atoms with Crippen LogP contribution in [-0.4, -0.2) is 48.7 Å². The average Bonchev–Trinajstić information content (AvgIpc) is 2.52. The Kier molecular flexibility index (Phi) is 4.56. The lowest BCUT2D eigenvalue weighted by molar-refractivity contribution is -0.123. The molecule has 1 aromatic rings. The summed E-state index contributed by atoms with van der Waals surface area (Å²) in [4.78, 5) is 16.5. The highest BCUT2D eigenvalue weighted by atomic mass is 16.3. The number of aliphatic hydroxyl groups is 1. The van der Waals surface area contributed by atoms with Gasteiger partial charge >= 0.3 is 0 Å². The van der Waals surface area contributed by atoms with Crippen LogP contribution in [0.5, 0.6) is 0 Å². The van der Waals surface area contributed by atoms with Crippen molar-refractivity contribution in [1.29, 1.82) is 0 Å². The minimum atomic E-state index is -0.215. The molecule has 1 aliphatic heterocycles. The maximum atomic E-state index is 12.6. The van der Waals surface area contributed by atoms with Gasteiger partial charge in [-0.25, -0.2) is 0 Å². The zero-order valence-electron chi connectivity index (χ0n) is 11.7. The lowest BCUT2D eigenvalue weighted by atomic mass is 10.1. The molecule has 104 valence electrons. The van der Waals surface area contributed by atoms with Crippen molar-refractivity contribution < 1.29 is 9.90 Å².